The maximum atomic E-state index is 9.47. The van der Waals surface area contributed by atoms with Crippen LogP contribution in [0.3, 0.4) is 0 Å². The number of nitrogens with two attached hydrogens (primary N) is 1. The fraction of sp³-hybridized carbons (Fsp3) is 0.500. The molecule has 2 heterocycles. The van der Waals surface area contributed by atoms with Crippen LogP contribution in [0.25, 0.3) is 11.0 Å². The molecule has 3 rings (SSSR count). The molecule has 0 amide bonds. The molecule has 1 aliphatic rings. The Morgan fingerprint density at radius 1 is 1.33 bits per heavy atom. The quantitative estimate of drug-likeness (QED) is 0.775. The summed E-state index contributed by atoms with van der Waals surface area (Å²) in [5, 5.41) is 17.2. The van der Waals surface area contributed by atoms with E-state index in [1.165, 1.54) is 0 Å². The summed E-state index contributed by atoms with van der Waals surface area (Å²) in [7, 11) is 0. The van der Waals surface area contributed by atoms with Crippen LogP contribution in [-0.2, 0) is 0 Å². The third kappa shape index (κ3) is 1.69. The third-order valence-corrected chi connectivity index (χ3v) is 3.57. The molecular weight excluding hydrogens is 232 g/mol. The van der Waals surface area contributed by atoms with Gasteiger partial charge in [-0.15, -0.1) is 0 Å². The zero-order chi connectivity index (χ0) is 12.5. The minimum atomic E-state index is 0.141. The van der Waals surface area contributed by atoms with Crippen molar-refractivity contribution in [2.75, 3.05) is 23.8 Å². The fourth-order valence-electron chi connectivity index (χ4n) is 2.61. The van der Waals surface area contributed by atoms with E-state index in [2.05, 4.69) is 15.2 Å². The predicted molar refractivity (Wildman–Crippen MR) is 68.3 cm³/mol. The molecule has 6 nitrogen and oxygen atoms in total. The van der Waals surface area contributed by atoms with Gasteiger partial charge in [-0.3, -0.25) is 0 Å². The van der Waals surface area contributed by atoms with Crippen LogP contribution in [0, 0.1) is 0 Å². The number of benzene rings is 1. The number of nitrogen functional groups attached to an aromatic ring is 1. The Kier molecular flexibility index (Phi) is 2.79. The second kappa shape index (κ2) is 4.45. The zero-order valence-electron chi connectivity index (χ0n) is 10.0. The number of aliphatic hydroxyl groups excluding tert-OH is 1. The van der Waals surface area contributed by atoms with E-state index >= 15 is 0 Å². The molecule has 6 heteroatoms. The normalized spacial score (nSPS) is 20.5. The van der Waals surface area contributed by atoms with Crippen LogP contribution in [0.5, 0.6) is 0 Å². The molecule has 18 heavy (non-hydrogen) atoms. The van der Waals surface area contributed by atoms with Crippen molar-refractivity contribution in [3.8, 4) is 0 Å². The van der Waals surface area contributed by atoms with Gasteiger partial charge in [-0.25, -0.2) is 4.63 Å². The molecule has 1 atom stereocenters. The molecule has 2 aromatic rings. The Labute approximate surface area is 104 Å². The molecule has 1 saturated heterocycles. The first-order valence-corrected chi connectivity index (χ1v) is 6.19. The highest BCUT2D eigenvalue weighted by Gasteiger charge is 2.25. The molecule has 1 aromatic carbocycles. The van der Waals surface area contributed by atoms with Gasteiger partial charge in [-0.05, 0) is 41.7 Å². The number of hydrogen-bond donors (Lipinski definition) is 2. The Morgan fingerprint density at radius 2 is 2.17 bits per heavy atom. The van der Waals surface area contributed by atoms with Crippen molar-refractivity contribution in [1.82, 2.24) is 10.3 Å². The summed E-state index contributed by atoms with van der Waals surface area (Å²) in [4.78, 5) is 2.18. The van der Waals surface area contributed by atoms with Crippen LogP contribution in [0.15, 0.2) is 16.8 Å². The topological polar surface area (TPSA) is 88.4 Å². The van der Waals surface area contributed by atoms with Crippen molar-refractivity contribution >= 4 is 22.4 Å². The highest BCUT2D eigenvalue weighted by molar-refractivity contribution is 5.95. The molecule has 0 saturated carbocycles. The summed E-state index contributed by atoms with van der Waals surface area (Å²) in [5.41, 5.74) is 8.61. The van der Waals surface area contributed by atoms with E-state index in [1.807, 2.05) is 12.1 Å². The van der Waals surface area contributed by atoms with E-state index in [0.29, 0.717) is 16.7 Å². The Bertz CT molecular complexity index is 554. The van der Waals surface area contributed by atoms with E-state index in [9.17, 15) is 5.11 Å². The van der Waals surface area contributed by atoms with Gasteiger partial charge in [0.15, 0.2) is 11.0 Å². The molecule has 0 aliphatic carbocycles. The molecule has 0 spiro atoms. The van der Waals surface area contributed by atoms with Crippen LogP contribution in [0.2, 0.25) is 0 Å². The highest BCUT2D eigenvalue weighted by Crippen LogP contribution is 2.32. The summed E-state index contributed by atoms with van der Waals surface area (Å²) in [5.74, 6) is 0. The van der Waals surface area contributed by atoms with Gasteiger partial charge < -0.3 is 15.7 Å². The van der Waals surface area contributed by atoms with E-state index in [4.69, 9.17) is 10.4 Å². The van der Waals surface area contributed by atoms with Gasteiger partial charge in [0, 0.05) is 6.54 Å². The fourth-order valence-corrected chi connectivity index (χ4v) is 2.61. The number of fused-ring (bicyclic) bond motifs is 1. The van der Waals surface area contributed by atoms with Gasteiger partial charge in [0.2, 0.25) is 0 Å². The van der Waals surface area contributed by atoms with Crippen molar-refractivity contribution in [3.05, 3.63) is 12.1 Å². The highest BCUT2D eigenvalue weighted by atomic mass is 16.6. The third-order valence-electron chi connectivity index (χ3n) is 3.57. The molecular formula is C12H16N4O2. The lowest BCUT2D eigenvalue weighted by Gasteiger charge is -2.36. The lowest BCUT2D eigenvalue weighted by molar-refractivity contribution is 0.240. The van der Waals surface area contributed by atoms with Crippen LogP contribution in [0.1, 0.15) is 19.3 Å². The minimum absolute atomic E-state index is 0.141. The van der Waals surface area contributed by atoms with Crippen LogP contribution in [-0.4, -0.2) is 34.6 Å². The number of aliphatic hydroxyl groups is 1. The SMILES string of the molecule is Nc1ccc(N2CCCCC2CO)c2nonc12. The van der Waals surface area contributed by atoms with E-state index in [1.54, 1.807) is 0 Å². The van der Waals surface area contributed by atoms with Gasteiger partial charge in [-0.1, -0.05) is 0 Å². The first-order valence-electron chi connectivity index (χ1n) is 6.19. The summed E-state index contributed by atoms with van der Waals surface area (Å²) in [6, 6.07) is 3.88. The molecule has 0 bridgehead atoms. The van der Waals surface area contributed by atoms with Gasteiger partial charge in [0.05, 0.1) is 24.0 Å². The van der Waals surface area contributed by atoms with Crippen LogP contribution in [0.4, 0.5) is 11.4 Å². The first-order chi connectivity index (χ1) is 8.81. The van der Waals surface area contributed by atoms with E-state index in [-0.39, 0.29) is 12.6 Å². The van der Waals surface area contributed by atoms with Crippen molar-refractivity contribution in [2.24, 2.45) is 0 Å². The molecule has 1 fully saturated rings. The Hall–Kier alpha value is -1.82. The van der Waals surface area contributed by atoms with Gasteiger partial charge in [0.25, 0.3) is 0 Å². The summed E-state index contributed by atoms with van der Waals surface area (Å²) in [6.45, 7) is 1.06. The second-order valence-corrected chi connectivity index (χ2v) is 4.66. The number of hydrogen-bond acceptors (Lipinski definition) is 6. The summed E-state index contributed by atoms with van der Waals surface area (Å²) >= 11 is 0. The minimum Gasteiger partial charge on any atom is -0.397 e. The average Bonchev–Trinajstić information content (AvgIpc) is 2.89. The summed E-state index contributed by atoms with van der Waals surface area (Å²) in [6.07, 6.45) is 3.26. The largest absolute Gasteiger partial charge is 0.397 e. The Balaban J connectivity index is 2.07. The van der Waals surface area contributed by atoms with E-state index < -0.39 is 0 Å². The van der Waals surface area contributed by atoms with Crippen LogP contribution < -0.4 is 10.6 Å². The van der Waals surface area contributed by atoms with Crippen LogP contribution >= 0.6 is 0 Å². The van der Waals surface area contributed by atoms with Crippen molar-refractivity contribution < 1.29 is 9.74 Å². The lowest BCUT2D eigenvalue weighted by atomic mass is 10.0. The predicted octanol–water partition coefficient (Wildman–Crippen LogP) is 1.16. The van der Waals surface area contributed by atoms with Crippen molar-refractivity contribution in [3.63, 3.8) is 0 Å². The average molecular weight is 248 g/mol. The smallest absolute Gasteiger partial charge is 0.160 e. The number of nitrogens with zero attached hydrogens (tertiary/aromatic N) is 3. The van der Waals surface area contributed by atoms with Gasteiger partial charge in [-0.2, -0.15) is 0 Å². The van der Waals surface area contributed by atoms with Crippen molar-refractivity contribution in [2.45, 2.75) is 25.3 Å². The molecule has 96 valence electrons. The number of rotatable bonds is 2. The van der Waals surface area contributed by atoms with Crippen molar-refractivity contribution in [1.29, 1.82) is 0 Å². The second-order valence-electron chi connectivity index (χ2n) is 4.66. The standard InChI is InChI=1S/C12H16N4O2/c13-9-4-5-10(12-11(9)14-18-15-12)16-6-2-1-3-8(16)7-17/h4-5,8,17H,1-3,6-7,13H2. The van der Waals surface area contributed by atoms with E-state index in [0.717, 1.165) is 31.5 Å². The number of piperidine rings is 1. The molecule has 3 N–H and O–H groups in total. The summed E-state index contributed by atoms with van der Waals surface area (Å²) < 4.78 is 4.78. The molecule has 1 aliphatic heterocycles. The van der Waals surface area contributed by atoms with Gasteiger partial charge in [0.1, 0.15) is 0 Å². The molecule has 0 radical (unpaired) electrons. The monoisotopic (exact) mass is 248 g/mol. The number of anilines is 2. The van der Waals surface area contributed by atoms with Gasteiger partial charge >= 0.3 is 0 Å². The molecule has 1 unspecified atom stereocenters. The Morgan fingerprint density at radius 3 is 3.00 bits per heavy atom. The molecule has 1 aromatic heterocycles. The number of aromatic nitrogens is 2. The zero-order valence-corrected chi connectivity index (χ0v) is 10.0. The first kappa shape index (κ1) is 11.3. The maximum Gasteiger partial charge on any atom is 0.160 e. The maximum absolute atomic E-state index is 9.47. The lowest BCUT2D eigenvalue weighted by Crippen LogP contribution is -2.42.